The van der Waals surface area contributed by atoms with Crippen LogP contribution in [0.5, 0.6) is 0 Å². The Morgan fingerprint density at radius 1 is 0.750 bits per heavy atom. The molecule has 142 valence electrons. The van der Waals surface area contributed by atoms with Crippen LogP contribution in [0, 0.1) is 0 Å². The van der Waals surface area contributed by atoms with Crippen LogP contribution in [0.2, 0.25) is 0 Å². The van der Waals surface area contributed by atoms with Crippen LogP contribution >= 0.6 is 0 Å². The van der Waals surface area contributed by atoms with Gasteiger partial charge >= 0.3 is 12.1 Å². The Bertz CT molecular complexity index is 308. The zero-order valence-corrected chi connectivity index (χ0v) is 15.7. The molecule has 24 heavy (non-hydrogen) atoms. The number of rotatable bonds is 16. The van der Waals surface area contributed by atoms with Gasteiger partial charge in [-0.05, 0) is 26.2 Å². The van der Waals surface area contributed by atoms with E-state index in [1.54, 1.807) is 6.92 Å². The Hall–Kier alpha value is -1.26. The molecule has 0 fully saturated rings. The standard InChI is InChI=1S/C19H37NO4/c1-3-5-6-7-8-9-10-14-17-24-18(21)15-12-11-13-16-20-19(22)23-4-2/h3-17H2,1-2H3,(H,20,22). The first-order chi connectivity index (χ1) is 11.7. The second-order valence-corrected chi connectivity index (χ2v) is 6.15. The second kappa shape index (κ2) is 18.1. The monoisotopic (exact) mass is 343 g/mol. The summed E-state index contributed by atoms with van der Waals surface area (Å²) < 4.78 is 9.99. The van der Waals surface area contributed by atoms with Gasteiger partial charge in [0.15, 0.2) is 0 Å². The molecule has 0 saturated heterocycles. The molecule has 0 radical (unpaired) electrons. The van der Waals surface area contributed by atoms with Crippen LogP contribution in [0.3, 0.4) is 0 Å². The van der Waals surface area contributed by atoms with Crippen LogP contribution in [-0.2, 0) is 14.3 Å². The SMILES string of the molecule is CCCCCCCCCCOC(=O)CCCCCNC(=O)OCC. The largest absolute Gasteiger partial charge is 0.466 e. The molecule has 0 bridgehead atoms. The van der Waals surface area contributed by atoms with E-state index < -0.39 is 0 Å². The third kappa shape index (κ3) is 17.1. The van der Waals surface area contributed by atoms with E-state index in [-0.39, 0.29) is 12.1 Å². The fourth-order valence-electron chi connectivity index (χ4n) is 2.44. The fraction of sp³-hybridized carbons (Fsp3) is 0.895. The number of amides is 1. The predicted octanol–water partition coefficient (Wildman–Crippen LogP) is 4.98. The summed E-state index contributed by atoms with van der Waals surface area (Å²) in [4.78, 5) is 22.6. The number of hydrogen-bond acceptors (Lipinski definition) is 4. The summed E-state index contributed by atoms with van der Waals surface area (Å²) in [6.45, 7) is 5.54. The minimum Gasteiger partial charge on any atom is -0.466 e. The summed E-state index contributed by atoms with van der Waals surface area (Å²) in [5, 5.41) is 2.66. The predicted molar refractivity (Wildman–Crippen MR) is 97.1 cm³/mol. The molecule has 0 aromatic heterocycles. The minimum absolute atomic E-state index is 0.101. The highest BCUT2D eigenvalue weighted by Gasteiger charge is 2.03. The maximum Gasteiger partial charge on any atom is 0.407 e. The van der Waals surface area contributed by atoms with Gasteiger partial charge < -0.3 is 14.8 Å². The van der Waals surface area contributed by atoms with Crippen molar-refractivity contribution >= 4 is 12.1 Å². The first kappa shape index (κ1) is 22.7. The number of nitrogens with one attached hydrogen (secondary N) is 1. The van der Waals surface area contributed by atoms with Crippen LogP contribution in [0.25, 0.3) is 0 Å². The number of hydrogen-bond donors (Lipinski definition) is 1. The fourth-order valence-corrected chi connectivity index (χ4v) is 2.44. The average Bonchev–Trinajstić information content (AvgIpc) is 2.56. The molecule has 0 aromatic rings. The lowest BCUT2D eigenvalue weighted by atomic mass is 10.1. The molecule has 0 atom stereocenters. The lowest BCUT2D eigenvalue weighted by molar-refractivity contribution is -0.143. The molecule has 5 heteroatoms. The number of esters is 1. The van der Waals surface area contributed by atoms with Crippen LogP contribution in [-0.4, -0.2) is 31.8 Å². The van der Waals surface area contributed by atoms with Crippen LogP contribution in [0.4, 0.5) is 4.79 Å². The summed E-state index contributed by atoms with van der Waals surface area (Å²) >= 11 is 0. The van der Waals surface area contributed by atoms with Gasteiger partial charge in [0.05, 0.1) is 13.2 Å². The minimum atomic E-state index is -0.373. The quantitative estimate of drug-likeness (QED) is 0.317. The number of alkyl carbamates (subject to hydrolysis) is 1. The average molecular weight is 344 g/mol. The van der Waals surface area contributed by atoms with Crippen molar-refractivity contribution in [2.45, 2.75) is 90.9 Å². The van der Waals surface area contributed by atoms with Crippen molar-refractivity contribution in [2.75, 3.05) is 19.8 Å². The van der Waals surface area contributed by atoms with Gasteiger partial charge in [-0.25, -0.2) is 4.79 Å². The molecule has 0 heterocycles. The van der Waals surface area contributed by atoms with E-state index in [1.165, 1.54) is 38.5 Å². The Morgan fingerprint density at radius 2 is 1.38 bits per heavy atom. The van der Waals surface area contributed by atoms with Crippen molar-refractivity contribution < 1.29 is 19.1 Å². The van der Waals surface area contributed by atoms with Gasteiger partial charge in [-0.15, -0.1) is 0 Å². The Kier molecular flexibility index (Phi) is 17.1. The van der Waals surface area contributed by atoms with Crippen molar-refractivity contribution in [3.05, 3.63) is 0 Å². The molecular weight excluding hydrogens is 306 g/mol. The van der Waals surface area contributed by atoms with Gasteiger partial charge in [0.2, 0.25) is 0 Å². The summed E-state index contributed by atoms with van der Waals surface area (Å²) in [6, 6.07) is 0. The number of unbranched alkanes of at least 4 members (excludes halogenated alkanes) is 9. The molecule has 0 rings (SSSR count). The van der Waals surface area contributed by atoms with Crippen molar-refractivity contribution in [1.29, 1.82) is 0 Å². The third-order valence-electron chi connectivity index (χ3n) is 3.86. The van der Waals surface area contributed by atoms with Crippen LogP contribution in [0.1, 0.15) is 90.9 Å². The highest BCUT2D eigenvalue weighted by molar-refractivity contribution is 5.69. The highest BCUT2D eigenvalue weighted by atomic mass is 16.5. The van der Waals surface area contributed by atoms with E-state index in [0.29, 0.717) is 26.2 Å². The van der Waals surface area contributed by atoms with Crippen molar-refractivity contribution in [3.8, 4) is 0 Å². The molecular formula is C19H37NO4. The number of ether oxygens (including phenoxy) is 2. The smallest absolute Gasteiger partial charge is 0.407 e. The van der Waals surface area contributed by atoms with Crippen LogP contribution in [0.15, 0.2) is 0 Å². The molecule has 0 aliphatic heterocycles. The normalized spacial score (nSPS) is 10.4. The zero-order valence-electron chi connectivity index (χ0n) is 15.7. The molecule has 0 aliphatic carbocycles. The van der Waals surface area contributed by atoms with Crippen LogP contribution < -0.4 is 5.32 Å². The van der Waals surface area contributed by atoms with E-state index in [4.69, 9.17) is 9.47 Å². The Balaban J connectivity index is 3.23. The van der Waals surface area contributed by atoms with Crippen molar-refractivity contribution in [1.82, 2.24) is 5.32 Å². The molecule has 0 spiro atoms. The van der Waals surface area contributed by atoms with Gasteiger partial charge in [0.25, 0.3) is 0 Å². The molecule has 1 amide bonds. The van der Waals surface area contributed by atoms with Gasteiger partial charge in [0, 0.05) is 13.0 Å². The van der Waals surface area contributed by atoms with Gasteiger partial charge in [-0.2, -0.15) is 0 Å². The molecule has 0 unspecified atom stereocenters. The van der Waals surface area contributed by atoms with Gasteiger partial charge in [-0.1, -0.05) is 58.3 Å². The zero-order chi connectivity index (χ0) is 17.9. The van der Waals surface area contributed by atoms with Gasteiger partial charge in [0.1, 0.15) is 0 Å². The Labute approximate surface area is 147 Å². The van der Waals surface area contributed by atoms with E-state index in [1.807, 2.05) is 0 Å². The first-order valence-corrected chi connectivity index (χ1v) is 9.77. The lowest BCUT2D eigenvalue weighted by Gasteiger charge is -2.06. The van der Waals surface area contributed by atoms with E-state index >= 15 is 0 Å². The lowest BCUT2D eigenvalue weighted by Crippen LogP contribution is -2.25. The van der Waals surface area contributed by atoms with Crippen molar-refractivity contribution in [2.24, 2.45) is 0 Å². The maximum absolute atomic E-state index is 11.6. The van der Waals surface area contributed by atoms with E-state index in [2.05, 4.69) is 12.2 Å². The summed E-state index contributed by atoms with van der Waals surface area (Å²) in [5.41, 5.74) is 0. The van der Waals surface area contributed by atoms with E-state index in [9.17, 15) is 9.59 Å². The molecule has 0 aliphatic rings. The molecule has 1 N–H and O–H groups in total. The first-order valence-electron chi connectivity index (χ1n) is 9.77. The Morgan fingerprint density at radius 3 is 2.04 bits per heavy atom. The summed E-state index contributed by atoms with van der Waals surface area (Å²) in [6.07, 6.45) is 12.6. The summed E-state index contributed by atoms with van der Waals surface area (Å²) in [5.74, 6) is -0.101. The van der Waals surface area contributed by atoms with E-state index in [0.717, 1.165) is 32.1 Å². The maximum atomic E-state index is 11.6. The third-order valence-corrected chi connectivity index (χ3v) is 3.86. The number of carbonyl (C=O) groups is 2. The molecule has 0 saturated carbocycles. The van der Waals surface area contributed by atoms with Crippen molar-refractivity contribution in [3.63, 3.8) is 0 Å². The number of carbonyl (C=O) groups excluding carboxylic acids is 2. The molecule has 0 aromatic carbocycles. The topological polar surface area (TPSA) is 64.6 Å². The molecule has 5 nitrogen and oxygen atoms in total. The second-order valence-electron chi connectivity index (χ2n) is 6.15. The highest BCUT2D eigenvalue weighted by Crippen LogP contribution is 2.08. The van der Waals surface area contributed by atoms with Gasteiger partial charge in [-0.3, -0.25) is 4.79 Å². The summed E-state index contributed by atoms with van der Waals surface area (Å²) in [7, 11) is 0.